The van der Waals surface area contributed by atoms with Crippen LogP contribution >= 0.6 is 0 Å². The zero-order chi connectivity index (χ0) is 20.1. The second-order valence-corrected chi connectivity index (χ2v) is 6.85. The summed E-state index contributed by atoms with van der Waals surface area (Å²) in [5.41, 5.74) is 2.42. The van der Waals surface area contributed by atoms with Gasteiger partial charge < -0.3 is 4.90 Å². The first kappa shape index (κ1) is 18.2. The normalized spacial score (nSPS) is 17.0. The summed E-state index contributed by atoms with van der Waals surface area (Å²) in [7, 11) is 0. The molecule has 28 heavy (non-hydrogen) atoms. The van der Waals surface area contributed by atoms with E-state index >= 15 is 0 Å². The molecule has 3 aromatic rings. The smallest absolute Gasteiger partial charge is 0.305 e. The molecular weight excluding hydrogens is 369 g/mol. The van der Waals surface area contributed by atoms with Crippen LogP contribution in [0.4, 0.5) is 18.9 Å². The van der Waals surface area contributed by atoms with E-state index < -0.39 is 11.7 Å². The predicted octanol–water partition coefficient (Wildman–Crippen LogP) is 4.49. The van der Waals surface area contributed by atoms with Crippen LogP contribution in [0.5, 0.6) is 0 Å². The Labute approximate surface area is 159 Å². The molecule has 144 valence electrons. The number of aromatic nitrogens is 3. The number of pyridine rings is 1. The molecule has 3 heterocycles. The lowest BCUT2D eigenvalue weighted by Gasteiger charge is -2.32. The molecule has 0 saturated heterocycles. The number of amides is 1. The summed E-state index contributed by atoms with van der Waals surface area (Å²) < 4.78 is 40.2. The van der Waals surface area contributed by atoms with Gasteiger partial charge in [-0.05, 0) is 55.8 Å². The standard InChI is InChI=1S/C20H17F3N4O/c1-12-9-14(7-8-24-12)17-10-25-27-13(2)11-26(19(28)18(17)27)16-5-3-15(4-6-16)20(21,22)23/h3-10,13H,11H2,1-2H3/t13-/m1/s1. The van der Waals surface area contributed by atoms with Gasteiger partial charge in [0.15, 0.2) is 0 Å². The molecule has 0 bridgehead atoms. The SMILES string of the molecule is Cc1cc(-c2cnn3c2C(=O)N(c2ccc(C(F)(F)F)cc2)C[C@H]3C)ccn1. The first-order chi connectivity index (χ1) is 13.3. The van der Waals surface area contributed by atoms with Gasteiger partial charge in [-0.15, -0.1) is 0 Å². The van der Waals surface area contributed by atoms with E-state index in [2.05, 4.69) is 10.1 Å². The quantitative estimate of drug-likeness (QED) is 0.652. The van der Waals surface area contributed by atoms with Gasteiger partial charge in [0, 0.05) is 29.7 Å². The Bertz CT molecular complexity index is 1040. The average molecular weight is 386 g/mol. The third kappa shape index (κ3) is 3.04. The predicted molar refractivity (Wildman–Crippen MR) is 98.0 cm³/mol. The molecule has 0 fully saturated rings. The lowest BCUT2D eigenvalue weighted by Crippen LogP contribution is -2.42. The minimum absolute atomic E-state index is 0.119. The van der Waals surface area contributed by atoms with Gasteiger partial charge in [0.1, 0.15) is 5.69 Å². The van der Waals surface area contributed by atoms with E-state index in [0.29, 0.717) is 23.5 Å². The third-order valence-corrected chi connectivity index (χ3v) is 4.82. The Balaban J connectivity index is 1.75. The number of hydrogen-bond acceptors (Lipinski definition) is 3. The molecule has 0 radical (unpaired) electrons. The van der Waals surface area contributed by atoms with Crippen LogP contribution in [0.15, 0.2) is 48.8 Å². The summed E-state index contributed by atoms with van der Waals surface area (Å²) in [6.45, 7) is 4.10. The van der Waals surface area contributed by atoms with Crippen molar-refractivity contribution in [2.45, 2.75) is 26.1 Å². The highest BCUT2D eigenvalue weighted by atomic mass is 19.4. The fourth-order valence-electron chi connectivity index (χ4n) is 3.44. The van der Waals surface area contributed by atoms with Gasteiger partial charge in [-0.2, -0.15) is 18.3 Å². The molecule has 0 saturated carbocycles. The number of alkyl halides is 3. The van der Waals surface area contributed by atoms with E-state index in [4.69, 9.17) is 0 Å². The highest BCUT2D eigenvalue weighted by Gasteiger charge is 2.35. The number of aryl methyl sites for hydroxylation is 1. The number of anilines is 1. The molecule has 1 atom stereocenters. The van der Waals surface area contributed by atoms with Crippen molar-refractivity contribution in [3.8, 4) is 11.1 Å². The molecule has 8 heteroatoms. The van der Waals surface area contributed by atoms with E-state index in [9.17, 15) is 18.0 Å². The minimum atomic E-state index is -4.41. The van der Waals surface area contributed by atoms with E-state index in [1.54, 1.807) is 23.1 Å². The largest absolute Gasteiger partial charge is 0.416 e. The number of fused-ring (bicyclic) bond motifs is 1. The topological polar surface area (TPSA) is 51.0 Å². The van der Waals surface area contributed by atoms with Gasteiger partial charge in [0.2, 0.25) is 0 Å². The lowest BCUT2D eigenvalue weighted by atomic mass is 10.0. The number of carbonyl (C=O) groups is 1. The number of benzene rings is 1. The summed E-state index contributed by atoms with van der Waals surface area (Å²) >= 11 is 0. The number of halogens is 3. The van der Waals surface area contributed by atoms with Crippen molar-refractivity contribution in [3.63, 3.8) is 0 Å². The van der Waals surface area contributed by atoms with Gasteiger partial charge in [0.25, 0.3) is 5.91 Å². The fourth-order valence-corrected chi connectivity index (χ4v) is 3.44. The molecule has 0 spiro atoms. The third-order valence-electron chi connectivity index (χ3n) is 4.82. The molecule has 5 nitrogen and oxygen atoms in total. The molecule has 2 aromatic heterocycles. The highest BCUT2D eigenvalue weighted by molar-refractivity contribution is 6.09. The maximum absolute atomic E-state index is 13.2. The Morgan fingerprint density at radius 3 is 2.50 bits per heavy atom. The van der Waals surface area contributed by atoms with Crippen LogP contribution in [0.1, 0.15) is 34.7 Å². The maximum atomic E-state index is 13.2. The molecule has 1 amide bonds. The van der Waals surface area contributed by atoms with Crippen LogP contribution < -0.4 is 4.90 Å². The number of carbonyl (C=O) groups excluding carboxylic acids is 1. The van der Waals surface area contributed by atoms with Gasteiger partial charge in [0.05, 0.1) is 17.8 Å². The molecule has 1 aliphatic rings. The Morgan fingerprint density at radius 1 is 1.14 bits per heavy atom. The molecule has 0 N–H and O–H groups in total. The van der Waals surface area contributed by atoms with Crippen LogP contribution in [0.2, 0.25) is 0 Å². The zero-order valence-corrected chi connectivity index (χ0v) is 15.2. The van der Waals surface area contributed by atoms with Crippen LogP contribution in [0.25, 0.3) is 11.1 Å². The Hall–Kier alpha value is -3.16. The number of nitrogens with zero attached hydrogens (tertiary/aromatic N) is 4. The highest BCUT2D eigenvalue weighted by Crippen LogP contribution is 2.34. The first-order valence-electron chi connectivity index (χ1n) is 8.75. The van der Waals surface area contributed by atoms with Crippen molar-refractivity contribution in [2.24, 2.45) is 0 Å². The van der Waals surface area contributed by atoms with Crippen molar-refractivity contribution < 1.29 is 18.0 Å². The van der Waals surface area contributed by atoms with Crippen molar-refractivity contribution in [2.75, 3.05) is 11.4 Å². The van der Waals surface area contributed by atoms with Crippen molar-refractivity contribution in [1.29, 1.82) is 0 Å². The monoisotopic (exact) mass is 386 g/mol. The van der Waals surface area contributed by atoms with Crippen molar-refractivity contribution >= 4 is 11.6 Å². The lowest BCUT2D eigenvalue weighted by molar-refractivity contribution is -0.137. The zero-order valence-electron chi connectivity index (χ0n) is 15.2. The number of hydrogen-bond donors (Lipinski definition) is 0. The van der Waals surface area contributed by atoms with Crippen LogP contribution in [-0.2, 0) is 6.18 Å². The Kier molecular flexibility index (Phi) is 4.21. The van der Waals surface area contributed by atoms with Crippen molar-refractivity contribution in [1.82, 2.24) is 14.8 Å². The maximum Gasteiger partial charge on any atom is 0.416 e. The molecule has 0 aliphatic carbocycles. The summed E-state index contributed by atoms with van der Waals surface area (Å²) in [5.74, 6) is -0.292. The van der Waals surface area contributed by atoms with E-state index in [0.717, 1.165) is 23.4 Å². The fraction of sp³-hybridized carbons (Fsp3) is 0.250. The van der Waals surface area contributed by atoms with Gasteiger partial charge >= 0.3 is 6.18 Å². The Morgan fingerprint density at radius 2 is 1.86 bits per heavy atom. The minimum Gasteiger partial charge on any atom is -0.305 e. The summed E-state index contributed by atoms with van der Waals surface area (Å²) in [4.78, 5) is 18.9. The molecule has 4 rings (SSSR count). The molecule has 1 aliphatic heterocycles. The molecule has 1 aromatic carbocycles. The van der Waals surface area contributed by atoms with E-state index in [1.807, 2.05) is 19.9 Å². The summed E-state index contributed by atoms with van der Waals surface area (Å²) in [5, 5.41) is 4.37. The van der Waals surface area contributed by atoms with Gasteiger partial charge in [-0.25, -0.2) is 0 Å². The van der Waals surface area contributed by atoms with E-state index in [-0.39, 0.29) is 11.9 Å². The van der Waals surface area contributed by atoms with Crippen LogP contribution in [-0.4, -0.2) is 27.2 Å². The van der Waals surface area contributed by atoms with E-state index in [1.165, 1.54) is 17.0 Å². The molecule has 0 unspecified atom stereocenters. The van der Waals surface area contributed by atoms with Crippen molar-refractivity contribution in [3.05, 3.63) is 65.7 Å². The molecular formula is C20H17F3N4O. The van der Waals surface area contributed by atoms with Crippen LogP contribution in [0.3, 0.4) is 0 Å². The summed E-state index contributed by atoms with van der Waals surface area (Å²) in [6.07, 6.45) is -1.10. The van der Waals surface area contributed by atoms with Gasteiger partial charge in [-0.3, -0.25) is 14.5 Å². The second-order valence-electron chi connectivity index (χ2n) is 6.85. The second kappa shape index (κ2) is 6.47. The first-order valence-corrected chi connectivity index (χ1v) is 8.75. The summed E-state index contributed by atoms with van der Waals surface area (Å²) in [6, 6.07) is 8.20. The van der Waals surface area contributed by atoms with Crippen LogP contribution in [0, 0.1) is 6.92 Å². The number of rotatable bonds is 2. The average Bonchev–Trinajstić information content (AvgIpc) is 3.10. The van der Waals surface area contributed by atoms with Gasteiger partial charge in [-0.1, -0.05) is 0 Å².